The lowest BCUT2D eigenvalue weighted by atomic mass is 9.98. The first-order valence-electron chi connectivity index (χ1n) is 14.1. The molecule has 2 rings (SSSR count). The lowest BCUT2D eigenvalue weighted by molar-refractivity contribution is -0.138. The van der Waals surface area contributed by atoms with Crippen molar-refractivity contribution < 1.29 is 19.4 Å². The second kappa shape index (κ2) is 20.3. The highest BCUT2D eigenvalue weighted by Crippen LogP contribution is 2.25. The van der Waals surface area contributed by atoms with Crippen LogP contribution in [0.1, 0.15) is 115 Å². The van der Waals surface area contributed by atoms with Gasteiger partial charge in [0.15, 0.2) is 0 Å². The lowest BCUT2D eigenvalue weighted by Crippen LogP contribution is -2.09. The molecule has 0 heterocycles. The third-order valence-electron chi connectivity index (χ3n) is 6.63. The van der Waals surface area contributed by atoms with Crippen molar-refractivity contribution in [3.05, 3.63) is 54.1 Å². The van der Waals surface area contributed by atoms with Gasteiger partial charge in [0.2, 0.25) is 5.91 Å². The van der Waals surface area contributed by atoms with Gasteiger partial charge in [-0.1, -0.05) is 94.7 Å². The van der Waals surface area contributed by atoms with Crippen LogP contribution in [0.3, 0.4) is 0 Å². The number of rotatable bonds is 18. The minimum atomic E-state index is -0.808. The summed E-state index contributed by atoms with van der Waals surface area (Å²) in [5, 5.41) is 11.0. The van der Waals surface area contributed by atoms with Crippen molar-refractivity contribution in [1.82, 2.24) is 0 Å². The molecule has 206 valence electrons. The van der Waals surface area contributed by atoms with Crippen molar-refractivity contribution in [1.29, 1.82) is 0 Å². The number of nitrogens with two attached hydrogens (primary N) is 1. The Bertz CT molecular complexity index is 938. The van der Waals surface area contributed by atoms with Crippen molar-refractivity contribution in [2.45, 2.75) is 110 Å². The highest BCUT2D eigenvalue weighted by Gasteiger charge is 2.13. The summed E-state index contributed by atoms with van der Waals surface area (Å²) in [5.41, 5.74) is 5.91. The number of aliphatic carboxylic acids is 1. The number of benzene rings is 2. The first kappa shape index (κ1) is 32.2. The van der Waals surface area contributed by atoms with Crippen LogP contribution in [0.2, 0.25) is 0 Å². The Hall–Kier alpha value is -2.82. The number of carboxylic acids is 1. The van der Waals surface area contributed by atoms with Crippen LogP contribution in [0.25, 0.3) is 10.8 Å². The quantitative estimate of drug-likeness (QED) is 0.155. The molecule has 0 radical (unpaired) electrons. The highest BCUT2D eigenvalue weighted by atomic mass is 16.5. The number of primary amides is 1. The van der Waals surface area contributed by atoms with Gasteiger partial charge in [-0.05, 0) is 67.5 Å². The number of carbonyl (C=O) groups excluding carboxylic acids is 1. The van der Waals surface area contributed by atoms with Crippen LogP contribution in [0.4, 0.5) is 0 Å². The lowest BCUT2D eigenvalue weighted by Gasteiger charge is -2.08. The van der Waals surface area contributed by atoms with E-state index >= 15 is 0 Å². The summed E-state index contributed by atoms with van der Waals surface area (Å²) in [7, 11) is 1.63. The number of methoxy groups -OCH3 is 1. The van der Waals surface area contributed by atoms with Crippen LogP contribution in [-0.4, -0.2) is 24.1 Å². The number of unbranched alkanes of at least 4 members (excludes halogenated alkanes) is 11. The first-order valence-corrected chi connectivity index (χ1v) is 14.1. The van der Waals surface area contributed by atoms with E-state index in [4.69, 9.17) is 15.6 Å². The van der Waals surface area contributed by atoms with Crippen LogP contribution < -0.4 is 10.5 Å². The van der Waals surface area contributed by atoms with Crippen LogP contribution in [-0.2, 0) is 9.59 Å². The Labute approximate surface area is 224 Å². The summed E-state index contributed by atoms with van der Waals surface area (Å²) in [6.07, 6.45) is 21.9. The standard InChI is InChI=1S/C18H35NO.C14H14O3/c1-2-3-4-5-6-7-8-9-10-11-12-13-14-15-16-17-18(19)20;1-9(14(15)16)10-3-4-12-8-13(17-2)6-5-11(12)7-10/h9-10H,2-8,11-17H2,1H3,(H2,19,20);3-9H,1-2H3,(H,15,16)/b10-9-;/t;9-/m.0/s1. The minimum Gasteiger partial charge on any atom is -0.497 e. The molecule has 1 atom stereocenters. The van der Waals surface area contributed by atoms with Gasteiger partial charge in [0.05, 0.1) is 13.0 Å². The van der Waals surface area contributed by atoms with Gasteiger partial charge in [-0.2, -0.15) is 0 Å². The molecular weight excluding hydrogens is 462 g/mol. The monoisotopic (exact) mass is 511 g/mol. The number of carbonyl (C=O) groups is 2. The Morgan fingerprint density at radius 1 is 0.838 bits per heavy atom. The van der Waals surface area contributed by atoms with Gasteiger partial charge in [0.25, 0.3) is 0 Å². The molecule has 3 N–H and O–H groups in total. The van der Waals surface area contributed by atoms with Crippen LogP contribution >= 0.6 is 0 Å². The van der Waals surface area contributed by atoms with Gasteiger partial charge < -0.3 is 15.6 Å². The molecule has 37 heavy (non-hydrogen) atoms. The molecular formula is C32H49NO4. The summed E-state index contributed by atoms with van der Waals surface area (Å²) in [5.74, 6) is -0.654. The van der Waals surface area contributed by atoms with Gasteiger partial charge in [-0.25, -0.2) is 0 Å². The van der Waals surface area contributed by atoms with Crippen LogP contribution in [0.5, 0.6) is 5.75 Å². The van der Waals surface area contributed by atoms with Gasteiger partial charge in [-0.3, -0.25) is 9.59 Å². The van der Waals surface area contributed by atoms with Crippen molar-refractivity contribution in [2.75, 3.05) is 7.11 Å². The zero-order valence-electron chi connectivity index (χ0n) is 23.3. The molecule has 5 nitrogen and oxygen atoms in total. The highest BCUT2D eigenvalue weighted by molar-refractivity contribution is 5.86. The fourth-order valence-corrected chi connectivity index (χ4v) is 4.15. The molecule has 0 fully saturated rings. The predicted octanol–water partition coefficient (Wildman–Crippen LogP) is 8.55. The zero-order valence-corrected chi connectivity index (χ0v) is 23.3. The van der Waals surface area contributed by atoms with E-state index in [0.29, 0.717) is 6.42 Å². The van der Waals surface area contributed by atoms with Gasteiger partial charge in [-0.15, -0.1) is 0 Å². The maximum atomic E-state index is 10.9. The normalized spacial score (nSPS) is 11.8. The molecule has 2 aromatic carbocycles. The fraction of sp³-hybridized carbons (Fsp3) is 0.562. The third kappa shape index (κ3) is 15.1. The molecule has 0 aromatic heterocycles. The number of fused-ring (bicyclic) bond motifs is 1. The number of allylic oxidation sites excluding steroid dienone is 2. The topological polar surface area (TPSA) is 89.6 Å². The Balaban J connectivity index is 0.000000373. The number of hydrogen-bond acceptors (Lipinski definition) is 3. The molecule has 0 spiro atoms. The van der Waals surface area contributed by atoms with E-state index < -0.39 is 11.9 Å². The van der Waals surface area contributed by atoms with Gasteiger partial charge in [0.1, 0.15) is 5.75 Å². The number of carboxylic acid groups (broad SMARTS) is 1. The van der Waals surface area contributed by atoms with Crippen molar-refractivity contribution in [2.24, 2.45) is 5.73 Å². The van der Waals surface area contributed by atoms with E-state index in [1.165, 1.54) is 70.6 Å². The molecule has 0 aliphatic rings. The average molecular weight is 512 g/mol. The summed E-state index contributed by atoms with van der Waals surface area (Å²) in [6.45, 7) is 3.95. The third-order valence-corrected chi connectivity index (χ3v) is 6.63. The SMILES string of the molecule is CCCCCCCC/C=C\CCCCCCCC(N)=O.COc1ccc2cc([C@H](C)C(=O)O)ccc2c1. The van der Waals surface area contributed by atoms with Gasteiger partial charge >= 0.3 is 5.97 Å². The van der Waals surface area contributed by atoms with Gasteiger partial charge in [0, 0.05) is 6.42 Å². The van der Waals surface area contributed by atoms with Crippen LogP contribution in [0.15, 0.2) is 48.6 Å². The van der Waals surface area contributed by atoms with Crippen molar-refractivity contribution in [3.63, 3.8) is 0 Å². The zero-order chi connectivity index (χ0) is 27.3. The Morgan fingerprint density at radius 2 is 1.38 bits per heavy atom. The van der Waals surface area contributed by atoms with Crippen molar-refractivity contribution >= 4 is 22.6 Å². The molecule has 0 aliphatic heterocycles. The fourth-order valence-electron chi connectivity index (χ4n) is 4.15. The second-order valence-corrected chi connectivity index (χ2v) is 9.83. The van der Waals surface area contributed by atoms with E-state index in [2.05, 4.69) is 19.1 Å². The van der Waals surface area contributed by atoms with E-state index in [-0.39, 0.29) is 5.91 Å². The van der Waals surface area contributed by atoms with E-state index in [1.807, 2.05) is 36.4 Å². The summed E-state index contributed by atoms with van der Waals surface area (Å²) in [4.78, 5) is 21.5. The molecule has 1 amide bonds. The Morgan fingerprint density at radius 3 is 1.95 bits per heavy atom. The minimum absolute atomic E-state index is 0.164. The number of amides is 1. The van der Waals surface area contributed by atoms with E-state index in [9.17, 15) is 9.59 Å². The smallest absolute Gasteiger partial charge is 0.310 e. The number of ether oxygens (including phenoxy) is 1. The second-order valence-electron chi connectivity index (χ2n) is 9.83. The maximum absolute atomic E-state index is 10.9. The molecule has 0 aliphatic carbocycles. The van der Waals surface area contributed by atoms with Crippen LogP contribution in [0, 0.1) is 0 Å². The average Bonchev–Trinajstić information content (AvgIpc) is 2.90. The molecule has 0 saturated heterocycles. The molecule has 0 unspecified atom stereocenters. The summed E-state index contributed by atoms with van der Waals surface area (Å²) in [6, 6.07) is 11.4. The van der Waals surface area contributed by atoms with Crippen molar-refractivity contribution in [3.8, 4) is 5.75 Å². The first-order chi connectivity index (χ1) is 17.9. The molecule has 0 bridgehead atoms. The maximum Gasteiger partial charge on any atom is 0.310 e. The molecule has 5 heteroatoms. The Kier molecular flexibility index (Phi) is 17.6. The van der Waals surface area contributed by atoms with E-state index in [0.717, 1.165) is 34.9 Å². The largest absolute Gasteiger partial charge is 0.497 e. The summed E-state index contributed by atoms with van der Waals surface area (Å²) < 4.78 is 5.14. The molecule has 0 saturated carbocycles. The molecule has 2 aromatic rings. The van der Waals surface area contributed by atoms with E-state index in [1.54, 1.807) is 14.0 Å². The summed E-state index contributed by atoms with van der Waals surface area (Å²) >= 11 is 0. The predicted molar refractivity (Wildman–Crippen MR) is 155 cm³/mol. The number of hydrogen-bond donors (Lipinski definition) is 2.